The fraction of sp³-hybridized carbons (Fsp3) is 0. The summed E-state index contributed by atoms with van der Waals surface area (Å²) in [4.78, 5) is 18.3. The van der Waals surface area contributed by atoms with Crippen LogP contribution in [0.5, 0.6) is 0 Å². The van der Waals surface area contributed by atoms with Crippen LogP contribution in [0.2, 0.25) is 0 Å². The lowest BCUT2D eigenvalue weighted by Gasteiger charge is -2.01. The number of hydrogen-bond donors (Lipinski definition) is 2. The first-order chi connectivity index (χ1) is 6.86. The number of aromatic nitrogens is 2. The third-order valence-electron chi connectivity index (χ3n) is 1.77. The van der Waals surface area contributed by atoms with Crippen molar-refractivity contribution in [1.82, 2.24) is 9.97 Å². The van der Waals surface area contributed by atoms with Crippen molar-refractivity contribution in [2.45, 2.75) is 0 Å². The van der Waals surface area contributed by atoms with E-state index in [1.807, 2.05) is 6.07 Å². The first kappa shape index (κ1) is 8.50. The van der Waals surface area contributed by atoms with Crippen LogP contribution in [0.1, 0.15) is 10.4 Å². The van der Waals surface area contributed by atoms with Crippen LogP contribution < -0.4 is 5.32 Å². The molecule has 2 aromatic heterocycles. The molecule has 0 aromatic carbocycles. The van der Waals surface area contributed by atoms with E-state index in [9.17, 15) is 4.79 Å². The zero-order valence-corrected chi connectivity index (χ0v) is 7.40. The summed E-state index contributed by atoms with van der Waals surface area (Å²) < 4.78 is 0. The molecule has 14 heavy (non-hydrogen) atoms. The lowest BCUT2D eigenvalue weighted by Crippen LogP contribution is -2.11. The molecule has 0 radical (unpaired) electrons. The Morgan fingerprint density at radius 1 is 1.36 bits per heavy atom. The maximum Gasteiger partial charge on any atom is 0.258 e. The van der Waals surface area contributed by atoms with Crippen LogP contribution in [0.4, 0.5) is 5.82 Å². The average molecular weight is 187 g/mol. The normalized spacial score (nSPS) is 9.71. The zero-order valence-electron chi connectivity index (χ0n) is 7.40. The summed E-state index contributed by atoms with van der Waals surface area (Å²) in [6, 6.07) is 7.04. The summed E-state index contributed by atoms with van der Waals surface area (Å²) in [5.41, 5.74) is 0.544. The predicted octanol–water partition coefficient (Wildman–Crippen LogP) is 1.66. The van der Waals surface area contributed by atoms with Crippen LogP contribution >= 0.6 is 0 Å². The number of nitrogens with one attached hydrogen (secondary N) is 2. The van der Waals surface area contributed by atoms with Gasteiger partial charge in [0.25, 0.3) is 5.91 Å². The minimum absolute atomic E-state index is 0.166. The van der Waals surface area contributed by atoms with E-state index in [0.29, 0.717) is 11.4 Å². The van der Waals surface area contributed by atoms with E-state index in [2.05, 4.69) is 15.3 Å². The van der Waals surface area contributed by atoms with Crippen LogP contribution in [0, 0.1) is 0 Å². The Balaban J connectivity index is 2.11. The number of hydrogen-bond acceptors (Lipinski definition) is 2. The van der Waals surface area contributed by atoms with Gasteiger partial charge in [0.05, 0.1) is 5.56 Å². The molecule has 2 heterocycles. The summed E-state index contributed by atoms with van der Waals surface area (Å²) in [6.45, 7) is 0. The molecule has 2 rings (SSSR count). The van der Waals surface area contributed by atoms with Crippen LogP contribution in [-0.2, 0) is 0 Å². The highest BCUT2D eigenvalue weighted by atomic mass is 16.1. The molecule has 0 spiro atoms. The van der Waals surface area contributed by atoms with Gasteiger partial charge >= 0.3 is 0 Å². The molecule has 0 aliphatic heterocycles. The van der Waals surface area contributed by atoms with Gasteiger partial charge in [-0.15, -0.1) is 0 Å². The molecule has 0 saturated heterocycles. The number of pyridine rings is 1. The number of aromatic amines is 1. The first-order valence-corrected chi connectivity index (χ1v) is 4.21. The Morgan fingerprint density at radius 2 is 2.29 bits per heavy atom. The van der Waals surface area contributed by atoms with E-state index < -0.39 is 0 Å². The van der Waals surface area contributed by atoms with Crippen LogP contribution in [0.3, 0.4) is 0 Å². The van der Waals surface area contributed by atoms with Crippen molar-refractivity contribution >= 4 is 11.7 Å². The van der Waals surface area contributed by atoms with Gasteiger partial charge in [0.2, 0.25) is 0 Å². The third-order valence-corrected chi connectivity index (χ3v) is 1.77. The molecule has 0 unspecified atom stereocenters. The van der Waals surface area contributed by atoms with E-state index in [1.54, 1.807) is 30.6 Å². The Hall–Kier alpha value is -2.10. The van der Waals surface area contributed by atoms with E-state index in [4.69, 9.17) is 0 Å². The number of nitrogens with zero attached hydrogens (tertiary/aromatic N) is 1. The third kappa shape index (κ3) is 1.80. The maximum atomic E-state index is 11.5. The highest BCUT2D eigenvalue weighted by Gasteiger charge is 2.04. The molecule has 70 valence electrons. The lowest BCUT2D eigenvalue weighted by molar-refractivity contribution is 0.102. The van der Waals surface area contributed by atoms with Gasteiger partial charge < -0.3 is 10.3 Å². The minimum atomic E-state index is -0.166. The summed E-state index contributed by atoms with van der Waals surface area (Å²) >= 11 is 0. The van der Waals surface area contributed by atoms with Gasteiger partial charge in [-0.05, 0) is 24.3 Å². The number of amides is 1. The second kappa shape index (κ2) is 3.74. The van der Waals surface area contributed by atoms with E-state index >= 15 is 0 Å². The van der Waals surface area contributed by atoms with Crippen molar-refractivity contribution < 1.29 is 4.79 Å². The molecule has 0 bridgehead atoms. The van der Waals surface area contributed by atoms with Gasteiger partial charge in [-0.2, -0.15) is 0 Å². The van der Waals surface area contributed by atoms with E-state index in [1.165, 1.54) is 6.20 Å². The summed E-state index contributed by atoms with van der Waals surface area (Å²) in [5.74, 6) is 0.513. The van der Waals surface area contributed by atoms with Gasteiger partial charge in [0, 0.05) is 18.6 Å². The topological polar surface area (TPSA) is 57.8 Å². The Kier molecular flexibility index (Phi) is 2.27. The van der Waals surface area contributed by atoms with Crippen molar-refractivity contribution in [1.29, 1.82) is 0 Å². The highest BCUT2D eigenvalue weighted by Crippen LogP contribution is 2.04. The second-order valence-electron chi connectivity index (χ2n) is 2.78. The molecule has 0 saturated carbocycles. The summed E-state index contributed by atoms with van der Waals surface area (Å²) in [7, 11) is 0. The fourth-order valence-electron chi connectivity index (χ4n) is 1.10. The monoisotopic (exact) mass is 187 g/mol. The highest BCUT2D eigenvalue weighted by molar-refractivity contribution is 6.03. The van der Waals surface area contributed by atoms with Gasteiger partial charge in [0.15, 0.2) is 0 Å². The van der Waals surface area contributed by atoms with Crippen molar-refractivity contribution in [2.75, 3.05) is 5.32 Å². The molecule has 0 aliphatic carbocycles. The minimum Gasteiger partial charge on any atom is -0.348 e. The van der Waals surface area contributed by atoms with Crippen LogP contribution in [0.25, 0.3) is 0 Å². The van der Waals surface area contributed by atoms with E-state index in [-0.39, 0.29) is 5.91 Å². The van der Waals surface area contributed by atoms with Crippen molar-refractivity contribution in [2.24, 2.45) is 0 Å². The number of anilines is 1. The van der Waals surface area contributed by atoms with Crippen molar-refractivity contribution in [3.63, 3.8) is 0 Å². The molecule has 4 heteroatoms. The number of rotatable bonds is 2. The molecular formula is C10H9N3O. The summed E-state index contributed by atoms with van der Waals surface area (Å²) in [5, 5.41) is 2.70. The second-order valence-corrected chi connectivity index (χ2v) is 2.78. The van der Waals surface area contributed by atoms with Crippen LogP contribution in [0.15, 0.2) is 42.9 Å². The predicted molar refractivity (Wildman–Crippen MR) is 53.0 cm³/mol. The standard InChI is InChI=1S/C10H9N3O/c14-10(8-3-1-5-11-7-8)13-9-4-2-6-12-9/h1-7,12H,(H,13,14). The molecule has 2 N–H and O–H groups in total. The Bertz CT molecular complexity index is 408. The summed E-state index contributed by atoms with van der Waals surface area (Å²) in [6.07, 6.45) is 4.91. The van der Waals surface area contributed by atoms with Crippen LogP contribution in [-0.4, -0.2) is 15.9 Å². The smallest absolute Gasteiger partial charge is 0.258 e. The van der Waals surface area contributed by atoms with Crippen molar-refractivity contribution in [3.8, 4) is 0 Å². The molecular weight excluding hydrogens is 178 g/mol. The molecule has 0 aliphatic rings. The number of H-pyrrole nitrogens is 1. The Morgan fingerprint density at radius 3 is 2.93 bits per heavy atom. The largest absolute Gasteiger partial charge is 0.348 e. The molecule has 0 fully saturated rings. The molecule has 1 amide bonds. The molecule has 2 aromatic rings. The quantitative estimate of drug-likeness (QED) is 0.751. The van der Waals surface area contributed by atoms with Gasteiger partial charge in [-0.3, -0.25) is 9.78 Å². The lowest BCUT2D eigenvalue weighted by atomic mass is 10.3. The van der Waals surface area contributed by atoms with Gasteiger partial charge in [-0.25, -0.2) is 0 Å². The average Bonchev–Trinajstić information content (AvgIpc) is 2.72. The SMILES string of the molecule is O=C(Nc1ccc[nH]1)c1cccnc1. The fourth-order valence-corrected chi connectivity index (χ4v) is 1.10. The number of carbonyl (C=O) groups excluding carboxylic acids is 1. The molecule has 0 atom stereocenters. The van der Waals surface area contributed by atoms with Gasteiger partial charge in [0.1, 0.15) is 5.82 Å². The molecule has 4 nitrogen and oxygen atoms in total. The zero-order chi connectivity index (χ0) is 9.80. The van der Waals surface area contributed by atoms with Crippen molar-refractivity contribution in [3.05, 3.63) is 48.4 Å². The van der Waals surface area contributed by atoms with Gasteiger partial charge in [-0.1, -0.05) is 0 Å². The first-order valence-electron chi connectivity index (χ1n) is 4.21. The Labute approximate surface area is 81.0 Å². The van der Waals surface area contributed by atoms with E-state index in [0.717, 1.165) is 0 Å². The number of carbonyl (C=O) groups is 1. The maximum absolute atomic E-state index is 11.5.